The minimum absolute atomic E-state index is 0.0102. The molecule has 0 bridgehead atoms. The maximum absolute atomic E-state index is 12.8. The molecule has 32 heavy (non-hydrogen) atoms. The molecule has 1 atom stereocenters. The predicted molar refractivity (Wildman–Crippen MR) is 119 cm³/mol. The molecule has 1 unspecified atom stereocenters. The van der Waals surface area contributed by atoms with Crippen LogP contribution >= 0.6 is 0 Å². The number of benzene rings is 2. The number of esters is 2. The van der Waals surface area contributed by atoms with Crippen LogP contribution in [0.2, 0.25) is 0 Å². The lowest BCUT2D eigenvalue weighted by atomic mass is 9.98. The van der Waals surface area contributed by atoms with Crippen molar-refractivity contribution >= 4 is 17.7 Å². The summed E-state index contributed by atoms with van der Waals surface area (Å²) in [6.07, 6.45) is 1.37. The van der Waals surface area contributed by atoms with Crippen molar-refractivity contribution in [3.05, 3.63) is 83.4 Å². The summed E-state index contributed by atoms with van der Waals surface area (Å²) >= 11 is 0. The van der Waals surface area contributed by atoms with Crippen LogP contribution in [0.3, 0.4) is 0 Å². The first-order valence-corrected chi connectivity index (χ1v) is 10.3. The quantitative estimate of drug-likeness (QED) is 0.221. The largest absolute Gasteiger partial charge is 0.463 e. The van der Waals surface area contributed by atoms with Gasteiger partial charge in [-0.2, -0.15) is 0 Å². The van der Waals surface area contributed by atoms with Crippen LogP contribution in [0.25, 0.3) is 0 Å². The van der Waals surface area contributed by atoms with Crippen LogP contribution in [0.1, 0.15) is 44.7 Å². The van der Waals surface area contributed by atoms with Gasteiger partial charge in [0.2, 0.25) is 0 Å². The maximum atomic E-state index is 12.8. The zero-order chi connectivity index (χ0) is 23.3. The van der Waals surface area contributed by atoms with Crippen molar-refractivity contribution < 1.29 is 33.7 Å². The summed E-state index contributed by atoms with van der Waals surface area (Å²) in [5, 5.41) is 9.99. The minimum atomic E-state index is -1.00. The molecule has 1 N–H and O–H groups in total. The van der Waals surface area contributed by atoms with Crippen LogP contribution in [-0.2, 0) is 19.0 Å². The molecule has 0 spiro atoms. The lowest BCUT2D eigenvalue weighted by molar-refractivity contribution is -0.137. The molecule has 170 valence electrons. The number of ether oxygens (including phenoxy) is 3. The molecular weight excluding hydrogens is 412 g/mol. The SMILES string of the molecule is C=CC(=O)OCCCCOCC(O)COC(=O)c1ccccc1C(=O)c1ccc(C)cc1. The smallest absolute Gasteiger partial charge is 0.338 e. The fourth-order valence-electron chi connectivity index (χ4n) is 2.77. The summed E-state index contributed by atoms with van der Waals surface area (Å²) in [7, 11) is 0. The third-order valence-corrected chi connectivity index (χ3v) is 4.52. The van der Waals surface area contributed by atoms with Gasteiger partial charge in [0.15, 0.2) is 5.78 Å². The van der Waals surface area contributed by atoms with E-state index in [2.05, 4.69) is 6.58 Å². The average Bonchev–Trinajstić information content (AvgIpc) is 2.81. The standard InChI is InChI=1S/C25H28O7/c1-3-23(27)31-15-7-6-14-30-16-20(26)17-32-25(29)22-9-5-4-8-21(22)24(28)19-12-10-18(2)11-13-19/h3-5,8-13,20,26H,1,6-7,14-17H2,2H3. The van der Waals surface area contributed by atoms with E-state index in [4.69, 9.17) is 14.2 Å². The number of aryl methyl sites for hydroxylation is 1. The number of hydrogen-bond acceptors (Lipinski definition) is 7. The van der Waals surface area contributed by atoms with E-state index in [9.17, 15) is 19.5 Å². The molecule has 0 aliphatic carbocycles. The van der Waals surface area contributed by atoms with Crippen molar-refractivity contribution in [2.75, 3.05) is 26.4 Å². The molecule has 0 saturated heterocycles. The van der Waals surface area contributed by atoms with Gasteiger partial charge in [-0.1, -0.05) is 54.6 Å². The van der Waals surface area contributed by atoms with Gasteiger partial charge in [0.25, 0.3) is 0 Å². The van der Waals surface area contributed by atoms with E-state index >= 15 is 0 Å². The summed E-state index contributed by atoms with van der Waals surface area (Å²) in [6.45, 7) is 5.60. The molecule has 2 rings (SSSR count). The Kier molecular flexibility index (Phi) is 10.3. The molecule has 0 aliphatic heterocycles. The van der Waals surface area contributed by atoms with Crippen LogP contribution in [-0.4, -0.2) is 55.4 Å². The Balaban J connectivity index is 1.78. The highest BCUT2D eigenvalue weighted by molar-refractivity contribution is 6.14. The van der Waals surface area contributed by atoms with Crippen molar-refractivity contribution in [1.29, 1.82) is 0 Å². The fraction of sp³-hybridized carbons (Fsp3) is 0.320. The number of hydrogen-bond donors (Lipinski definition) is 1. The molecule has 0 fully saturated rings. The van der Waals surface area contributed by atoms with E-state index in [-0.39, 0.29) is 36.7 Å². The van der Waals surface area contributed by atoms with Gasteiger partial charge in [-0.25, -0.2) is 9.59 Å². The molecule has 0 aliphatic rings. The first-order chi connectivity index (χ1) is 15.4. The molecule has 0 aromatic heterocycles. The lowest BCUT2D eigenvalue weighted by Crippen LogP contribution is -2.24. The molecule has 2 aromatic carbocycles. The highest BCUT2D eigenvalue weighted by Crippen LogP contribution is 2.16. The molecule has 0 amide bonds. The van der Waals surface area contributed by atoms with Crippen molar-refractivity contribution in [3.63, 3.8) is 0 Å². The third kappa shape index (κ3) is 8.09. The van der Waals surface area contributed by atoms with E-state index in [1.54, 1.807) is 30.3 Å². The van der Waals surface area contributed by atoms with Crippen molar-refractivity contribution in [2.45, 2.75) is 25.9 Å². The maximum Gasteiger partial charge on any atom is 0.338 e. The van der Waals surface area contributed by atoms with Crippen molar-refractivity contribution in [2.24, 2.45) is 0 Å². The predicted octanol–water partition coefficient (Wildman–Crippen LogP) is 3.27. The Morgan fingerprint density at radius 3 is 2.28 bits per heavy atom. The Labute approximate surface area is 187 Å². The number of aliphatic hydroxyl groups excluding tert-OH is 1. The van der Waals surface area contributed by atoms with Crippen LogP contribution in [0.15, 0.2) is 61.2 Å². The summed E-state index contributed by atoms with van der Waals surface area (Å²) in [5.74, 6) is -1.44. The van der Waals surface area contributed by atoms with E-state index in [1.807, 2.05) is 19.1 Å². The zero-order valence-corrected chi connectivity index (χ0v) is 18.1. The van der Waals surface area contributed by atoms with Crippen LogP contribution in [0.4, 0.5) is 0 Å². The Bertz CT molecular complexity index is 918. The van der Waals surface area contributed by atoms with Crippen LogP contribution in [0.5, 0.6) is 0 Å². The summed E-state index contributed by atoms with van der Waals surface area (Å²) in [5.41, 5.74) is 1.88. The van der Waals surface area contributed by atoms with Crippen LogP contribution in [0, 0.1) is 6.92 Å². The van der Waals surface area contributed by atoms with Crippen LogP contribution < -0.4 is 0 Å². The minimum Gasteiger partial charge on any atom is -0.463 e. The van der Waals surface area contributed by atoms with Crippen molar-refractivity contribution in [3.8, 4) is 0 Å². The highest BCUT2D eigenvalue weighted by atomic mass is 16.5. The van der Waals surface area contributed by atoms with E-state index in [0.29, 0.717) is 25.0 Å². The van der Waals surface area contributed by atoms with Gasteiger partial charge in [-0.05, 0) is 25.8 Å². The molecular formula is C25H28O7. The van der Waals surface area contributed by atoms with Gasteiger partial charge in [0, 0.05) is 23.8 Å². The Morgan fingerprint density at radius 1 is 0.938 bits per heavy atom. The molecule has 0 saturated carbocycles. The number of carbonyl (C=O) groups excluding carboxylic acids is 3. The number of rotatable bonds is 13. The topological polar surface area (TPSA) is 99.1 Å². The van der Waals surface area contributed by atoms with Gasteiger partial charge in [-0.15, -0.1) is 0 Å². The van der Waals surface area contributed by atoms with E-state index < -0.39 is 18.0 Å². The fourth-order valence-corrected chi connectivity index (χ4v) is 2.77. The number of ketones is 1. The number of carbonyl (C=O) groups is 3. The van der Waals surface area contributed by atoms with Gasteiger partial charge in [-0.3, -0.25) is 4.79 Å². The number of unbranched alkanes of at least 4 members (excludes halogenated alkanes) is 1. The van der Waals surface area contributed by atoms with Gasteiger partial charge in [0.1, 0.15) is 12.7 Å². The number of aliphatic hydroxyl groups is 1. The normalized spacial score (nSPS) is 11.4. The second-order valence-electron chi connectivity index (χ2n) is 7.15. The van der Waals surface area contributed by atoms with E-state index in [0.717, 1.165) is 11.6 Å². The average molecular weight is 440 g/mol. The van der Waals surface area contributed by atoms with Crippen molar-refractivity contribution in [1.82, 2.24) is 0 Å². The zero-order valence-electron chi connectivity index (χ0n) is 18.1. The first-order valence-electron chi connectivity index (χ1n) is 10.3. The lowest BCUT2D eigenvalue weighted by Gasteiger charge is -2.13. The summed E-state index contributed by atoms with van der Waals surface area (Å²) in [6, 6.07) is 13.5. The van der Waals surface area contributed by atoms with Gasteiger partial charge >= 0.3 is 11.9 Å². The van der Waals surface area contributed by atoms with Gasteiger partial charge in [0.05, 0.1) is 18.8 Å². The second-order valence-corrected chi connectivity index (χ2v) is 7.15. The molecule has 7 nitrogen and oxygen atoms in total. The monoisotopic (exact) mass is 440 g/mol. The van der Waals surface area contributed by atoms with Gasteiger partial charge < -0.3 is 19.3 Å². The molecule has 7 heteroatoms. The summed E-state index contributed by atoms with van der Waals surface area (Å²) < 4.78 is 15.4. The van der Waals surface area contributed by atoms with E-state index in [1.165, 1.54) is 6.07 Å². The first kappa shape index (κ1) is 25.0. The molecule has 0 heterocycles. The second kappa shape index (κ2) is 13.2. The Morgan fingerprint density at radius 2 is 1.59 bits per heavy atom. The molecule has 0 radical (unpaired) electrons. The summed E-state index contributed by atoms with van der Waals surface area (Å²) in [4.78, 5) is 36.2. The Hall–Kier alpha value is -3.29. The molecule has 2 aromatic rings. The highest BCUT2D eigenvalue weighted by Gasteiger charge is 2.20. The third-order valence-electron chi connectivity index (χ3n) is 4.52.